The summed E-state index contributed by atoms with van der Waals surface area (Å²) in [5.74, 6) is -1.89. The number of aliphatic hydroxyl groups is 10. The number of carbonyl (C=O) groups excluding carboxylic acids is 2. The first-order valence-corrected chi connectivity index (χ1v) is 48.9. The summed E-state index contributed by atoms with van der Waals surface area (Å²) in [6.45, 7) is 18.1. The van der Waals surface area contributed by atoms with Gasteiger partial charge >= 0.3 is 39.1 Å². The van der Waals surface area contributed by atoms with Gasteiger partial charge in [0.2, 0.25) is 11.8 Å². The lowest BCUT2D eigenvalue weighted by Crippen LogP contribution is -2.69. The first-order chi connectivity index (χ1) is 57.5. The molecule has 123 heavy (non-hydrogen) atoms. The van der Waals surface area contributed by atoms with Crippen LogP contribution in [0.4, 0.5) is 0 Å². The minimum atomic E-state index is -5.82. The summed E-state index contributed by atoms with van der Waals surface area (Å²) in [6, 6.07) is -3.91. The zero-order valence-electron chi connectivity index (χ0n) is 73.7. The highest BCUT2D eigenvalue weighted by molar-refractivity contribution is 7.61. The molecule has 5 unspecified atom stereocenters. The Bertz CT molecular complexity index is 3800. The average molecular weight is 1860 g/mol. The molecule has 0 radical (unpaired) electrons. The predicted octanol–water partition coefficient (Wildman–Crippen LogP) is 11.6. The Kier molecular flexibility index (Phi) is 56.4. The Hall–Kier alpha value is -3.85. The Morgan fingerprint density at radius 1 is 0.358 bits per heavy atom. The van der Waals surface area contributed by atoms with Crippen LogP contribution in [0.1, 0.15) is 225 Å². The monoisotopic (exact) mass is 1850 g/mol. The lowest BCUT2D eigenvalue weighted by molar-refractivity contribution is -0.324. The van der Waals surface area contributed by atoms with Crippen LogP contribution < -0.4 is 10.6 Å². The Balaban J connectivity index is 1.86. The van der Waals surface area contributed by atoms with Crippen molar-refractivity contribution in [3.05, 3.63) is 128 Å². The number of hydrogen-bond acceptors (Lipinski definition) is 29. The lowest BCUT2D eigenvalue weighted by Gasteiger charge is -2.48. The maximum absolute atomic E-state index is 13.4. The van der Waals surface area contributed by atoms with Crippen molar-refractivity contribution in [2.24, 2.45) is 0 Å². The van der Waals surface area contributed by atoms with E-state index in [1.165, 1.54) is 61.8 Å². The lowest BCUT2D eigenvalue weighted by atomic mass is 9.94. The molecule has 2 aliphatic rings. The highest BCUT2D eigenvalue weighted by Gasteiger charge is 2.55. The van der Waals surface area contributed by atoms with Crippen LogP contribution in [0.5, 0.6) is 0 Å². The molecule has 2 fully saturated rings. The average Bonchev–Trinajstić information content (AvgIpc) is 0.768. The van der Waals surface area contributed by atoms with Crippen molar-refractivity contribution in [2.45, 2.75) is 317 Å². The molecule has 2 saturated heterocycles. The van der Waals surface area contributed by atoms with Crippen LogP contribution in [-0.2, 0) is 87.1 Å². The third-order valence-electron chi connectivity index (χ3n) is 19.6. The maximum atomic E-state index is 13.4. The molecule has 0 aromatic rings. The van der Waals surface area contributed by atoms with Gasteiger partial charge in [0.25, 0.3) is 0 Å². The summed E-state index contributed by atoms with van der Waals surface area (Å²) in [4.78, 5) is 76.8. The fraction of sp³-hybridized carbons (Fsp3) is 0.707. The normalized spacial score (nSPS) is 24.8. The number of allylic oxidation sites excluding steroid dienone is 21. The number of hydrogen-bond donors (Lipinski definition) is 17. The summed E-state index contributed by atoms with van der Waals surface area (Å²) < 4.78 is 124. The van der Waals surface area contributed by atoms with Crippen molar-refractivity contribution in [2.75, 3.05) is 59.5 Å². The van der Waals surface area contributed by atoms with E-state index in [2.05, 4.69) is 163 Å². The molecular weight excluding hydrogens is 1710 g/mol. The quantitative estimate of drug-likeness (QED) is 0.0199. The molecule has 2 heterocycles. The van der Waals surface area contributed by atoms with E-state index in [1.807, 2.05) is 6.92 Å². The number of phosphoric ester groups is 5. The summed E-state index contributed by atoms with van der Waals surface area (Å²) in [7, 11) is -27.2. The first-order valence-electron chi connectivity index (χ1n) is 41.4. The van der Waals surface area contributed by atoms with Gasteiger partial charge in [0.1, 0.15) is 79.2 Å². The van der Waals surface area contributed by atoms with E-state index in [-0.39, 0.29) is 0 Å². The molecule has 20 atom stereocenters. The number of amides is 2. The fourth-order valence-corrected chi connectivity index (χ4v) is 17.0. The molecule has 2 rings (SSSR count). The van der Waals surface area contributed by atoms with Crippen LogP contribution in [-0.4, -0.2) is 239 Å². The van der Waals surface area contributed by atoms with Crippen molar-refractivity contribution in [3.63, 3.8) is 0 Å². The van der Waals surface area contributed by atoms with Crippen LogP contribution in [0.15, 0.2) is 128 Å². The van der Waals surface area contributed by atoms with Crippen LogP contribution in [0, 0.1) is 0 Å². The second kappa shape index (κ2) is 60.2. The van der Waals surface area contributed by atoms with Crippen molar-refractivity contribution >= 4 is 50.9 Å². The van der Waals surface area contributed by atoms with E-state index >= 15 is 0 Å². The Morgan fingerprint density at radius 3 is 0.976 bits per heavy atom. The molecule has 0 aromatic heterocycles. The van der Waals surface area contributed by atoms with E-state index < -0.39 is 202 Å². The Labute approximate surface area is 725 Å². The van der Waals surface area contributed by atoms with Crippen LogP contribution in [0.25, 0.3) is 0 Å². The molecule has 0 aromatic carbocycles. The van der Waals surface area contributed by atoms with Gasteiger partial charge < -0.3 is 100 Å². The van der Waals surface area contributed by atoms with Gasteiger partial charge in [0, 0.05) is 13.8 Å². The summed E-state index contributed by atoms with van der Waals surface area (Å²) in [5.41, 5.74) is 14.8. The van der Waals surface area contributed by atoms with Crippen molar-refractivity contribution < 1.29 is 163 Å². The summed E-state index contributed by atoms with van der Waals surface area (Å²) in [5, 5.41) is 107. The van der Waals surface area contributed by atoms with Gasteiger partial charge in [-0.15, -0.1) is 0 Å². The number of aliphatic hydroxyl groups excluding tert-OH is 10. The van der Waals surface area contributed by atoms with Crippen molar-refractivity contribution in [1.82, 2.24) is 10.6 Å². The number of ether oxygens (including phenoxy) is 3. The van der Waals surface area contributed by atoms with Gasteiger partial charge in [-0.1, -0.05) is 128 Å². The number of rotatable bonds is 63. The molecule has 0 aliphatic carbocycles. The first kappa shape index (κ1) is 115. The van der Waals surface area contributed by atoms with Gasteiger partial charge in [-0.3, -0.25) is 45.8 Å². The topological polar surface area (TPSA) is 558 Å². The van der Waals surface area contributed by atoms with Crippen LogP contribution >= 0.6 is 39.1 Å². The molecule has 710 valence electrons. The second-order valence-electron chi connectivity index (χ2n) is 31.6. The SMILES string of the molecule is CC(=O)N[C@H]1[C@@H](OP(=O)(O)OP(=O)(O)OC/C=C(/C)CC/C=C(/C)CC/C=C(/C)CC/C=C(/C)CC/C=C(/C)CC/C=C(/C)CC/C=C(/C)CC/C=C(/C)CC/C=C(\C)CC/C=C(\C)CCC=C(C)C)O[C@H](CO)[C@@H](O[C@@H]2O[C@H](CO)[C@@H](OP(=O)(O)OC[C@H](O)COP(=O)(O)OC[C@H](O)COP(=O)(O)OC[C@H](O)[C@H](O)[C@H](O)CO)[C@H](O)[C@H]2NC(C)=O)[C@@H]1O. The van der Waals surface area contributed by atoms with E-state index in [1.54, 1.807) is 6.92 Å². The number of phosphoric acid groups is 5. The highest BCUT2D eigenvalue weighted by Crippen LogP contribution is 2.61. The largest absolute Gasteiger partial charge is 0.483 e. The zero-order valence-corrected chi connectivity index (χ0v) is 78.2. The van der Waals surface area contributed by atoms with Crippen molar-refractivity contribution in [3.8, 4) is 0 Å². The molecule has 0 bridgehead atoms. The van der Waals surface area contributed by atoms with Crippen LogP contribution in [0.3, 0.4) is 0 Å². The third kappa shape index (κ3) is 52.0. The summed E-state index contributed by atoms with van der Waals surface area (Å²) >= 11 is 0. The van der Waals surface area contributed by atoms with Crippen molar-refractivity contribution in [1.29, 1.82) is 0 Å². The minimum absolute atomic E-state index is 0.530. The van der Waals surface area contributed by atoms with E-state index in [4.69, 9.17) is 37.4 Å². The van der Waals surface area contributed by atoms with Gasteiger partial charge in [-0.05, 0) is 212 Å². The predicted molar refractivity (Wildman–Crippen MR) is 462 cm³/mol. The molecule has 41 heteroatoms. The second-order valence-corrected chi connectivity index (χ2v) is 39.0. The Morgan fingerprint density at radius 2 is 0.650 bits per heavy atom. The zero-order chi connectivity index (χ0) is 92.8. The number of carbonyl (C=O) groups is 2. The molecule has 2 aliphatic heterocycles. The van der Waals surface area contributed by atoms with E-state index in [0.29, 0.717) is 12.8 Å². The minimum Gasteiger partial charge on any atom is -0.394 e. The molecular formula is C82H143N2O34P5. The molecule has 17 N–H and O–H groups in total. The molecule has 2 amide bonds. The molecule has 0 saturated carbocycles. The highest BCUT2D eigenvalue weighted by atomic mass is 31.3. The maximum Gasteiger partial charge on any atom is 0.483 e. The van der Waals surface area contributed by atoms with Crippen LogP contribution in [0.2, 0.25) is 0 Å². The van der Waals surface area contributed by atoms with E-state index in [0.717, 1.165) is 135 Å². The standard InChI is InChI=1S/C82H143N2O34P5/c1-55(2)25-15-26-56(3)27-16-28-57(4)29-17-30-58(5)31-18-32-59(6)33-19-34-60(7)35-20-36-61(8)37-21-38-62(9)39-22-40-63(10)41-23-42-64(11)43-24-44-65(12)45-46-107-122(103,104)118-123(105,106)117-82-75(84-67(14)89)77(95)79(72(48-86)114-82)115-81-74(83-66(13)88)78(96)80(73(49-87)113-81)116-121(101,102)111-53-69(91)52-109-119(97,98)108-50-68(90)51-110-120(99,100)112-54-71(93)76(94)70(92)47-85/h25,27,29,31,33,35,37,39,41,43,45,68-82,85-87,90-96H,15-24,26,28,30,32,34,36,38,40,42,44,46-54H2,1-14H3,(H,83,88)(H,84,89)(H,97,98)(H,99,100)(H,101,102)(H,103,104)(H,105,106)/b56-27+,57-29+,58-31-,59-33-,60-35-,61-37-,62-39-,63-41-,64-43-,65-45-/t68-,69+,70+,71-,72+,73+,74+,75+,76+,77+,78+,79+,80+,81-,82+/m0/s1. The molecule has 36 nitrogen and oxygen atoms in total. The van der Waals surface area contributed by atoms with Gasteiger partial charge in [-0.25, -0.2) is 22.8 Å². The molecule has 0 spiro atoms. The van der Waals surface area contributed by atoms with E-state index in [9.17, 15) is 103 Å². The smallest absolute Gasteiger partial charge is 0.394 e. The third-order valence-corrected chi connectivity index (χ3v) is 25.1. The van der Waals surface area contributed by atoms with Gasteiger partial charge in [0.05, 0.1) is 59.5 Å². The fourth-order valence-electron chi connectivity index (χ4n) is 12.4. The van der Waals surface area contributed by atoms with Gasteiger partial charge in [0.15, 0.2) is 12.6 Å². The van der Waals surface area contributed by atoms with Gasteiger partial charge in [-0.2, -0.15) is 4.31 Å². The summed E-state index contributed by atoms with van der Waals surface area (Å²) in [6.07, 6.45) is 18.4. The number of nitrogens with one attached hydrogen (secondary N) is 2.